The van der Waals surface area contributed by atoms with E-state index >= 15 is 0 Å². The maximum atomic E-state index is 12.6. The van der Waals surface area contributed by atoms with Crippen molar-refractivity contribution in [1.29, 1.82) is 0 Å². The highest BCUT2D eigenvalue weighted by Crippen LogP contribution is 2.60. The summed E-state index contributed by atoms with van der Waals surface area (Å²) in [6.45, 7) is 11.5. The number of esters is 4. The molecule has 0 heterocycles. The highest BCUT2D eigenvalue weighted by atomic mass is 16.6. The predicted octanol–water partition coefficient (Wildman–Crippen LogP) is 1.45. The molecule has 0 aromatic heterocycles. The van der Waals surface area contributed by atoms with E-state index in [-0.39, 0.29) is 12.8 Å². The minimum Gasteiger partial charge on any atom is -0.462 e. The zero-order valence-corrected chi connectivity index (χ0v) is 23.9. The second kappa shape index (κ2) is 11.2. The van der Waals surface area contributed by atoms with Crippen LogP contribution in [0, 0.1) is 28.6 Å². The first-order valence-corrected chi connectivity index (χ1v) is 13.3. The number of aliphatic hydroxyl groups is 3. The Kier molecular flexibility index (Phi) is 8.89. The summed E-state index contributed by atoms with van der Waals surface area (Å²) < 4.78 is 22.9. The zero-order chi connectivity index (χ0) is 29.6. The van der Waals surface area contributed by atoms with Gasteiger partial charge in [0, 0.05) is 63.9 Å². The Balaban J connectivity index is 2.40. The van der Waals surface area contributed by atoms with Crippen molar-refractivity contribution in [3.8, 4) is 0 Å². The monoisotopic (exact) mass is 554 g/mol. The summed E-state index contributed by atoms with van der Waals surface area (Å²) in [5.74, 6) is -4.81. The van der Waals surface area contributed by atoms with Gasteiger partial charge in [0.2, 0.25) is 0 Å². The molecule has 0 aromatic carbocycles. The van der Waals surface area contributed by atoms with E-state index in [2.05, 4.69) is 0 Å². The Bertz CT molecular complexity index is 1030. The fourth-order valence-electron chi connectivity index (χ4n) is 7.57. The van der Waals surface area contributed by atoms with Gasteiger partial charge in [-0.05, 0) is 29.9 Å². The Morgan fingerprint density at radius 1 is 0.846 bits per heavy atom. The maximum absolute atomic E-state index is 12.6. The van der Waals surface area contributed by atoms with Gasteiger partial charge in [-0.15, -0.1) is 0 Å². The molecule has 0 aromatic rings. The molecule has 2 bridgehead atoms. The molecule has 3 rings (SSSR count). The molecule has 2 saturated carbocycles. The molecule has 0 spiro atoms. The molecule has 3 aliphatic carbocycles. The Labute approximate surface area is 228 Å². The van der Waals surface area contributed by atoms with Gasteiger partial charge < -0.3 is 34.3 Å². The highest BCUT2D eigenvalue weighted by molar-refractivity contribution is 5.68. The number of carbonyl (C=O) groups excluding carboxylic acids is 4. The molecule has 3 N–H and O–H groups in total. The quantitative estimate of drug-likeness (QED) is 0.256. The minimum absolute atomic E-state index is 0.101. The van der Waals surface area contributed by atoms with Gasteiger partial charge in [0.05, 0.1) is 6.10 Å². The average molecular weight is 555 g/mol. The fourth-order valence-corrected chi connectivity index (χ4v) is 7.57. The summed E-state index contributed by atoms with van der Waals surface area (Å²) in [4.78, 5) is 48.9. The number of hydrogen-bond donors (Lipinski definition) is 3. The van der Waals surface area contributed by atoms with Crippen LogP contribution in [0.3, 0.4) is 0 Å². The van der Waals surface area contributed by atoms with Crippen molar-refractivity contribution in [3.63, 3.8) is 0 Å². The molecule has 10 atom stereocenters. The van der Waals surface area contributed by atoms with E-state index < -0.39 is 95.7 Å². The lowest BCUT2D eigenvalue weighted by Crippen LogP contribution is -2.69. The highest BCUT2D eigenvalue weighted by Gasteiger charge is 2.67. The van der Waals surface area contributed by atoms with Crippen molar-refractivity contribution >= 4 is 23.9 Å². The van der Waals surface area contributed by atoms with E-state index in [0.717, 1.165) is 0 Å². The largest absolute Gasteiger partial charge is 0.462 e. The third-order valence-corrected chi connectivity index (χ3v) is 9.22. The summed E-state index contributed by atoms with van der Waals surface area (Å²) in [7, 11) is 0. The number of ether oxygens (including phenoxy) is 4. The molecule has 0 amide bonds. The third-order valence-electron chi connectivity index (χ3n) is 9.22. The Hall–Kier alpha value is -2.50. The lowest BCUT2D eigenvalue weighted by Gasteiger charge is -2.62. The molecule has 39 heavy (non-hydrogen) atoms. The normalized spacial score (nSPS) is 39.4. The molecular weight excluding hydrogens is 512 g/mol. The smallest absolute Gasteiger partial charge is 0.303 e. The van der Waals surface area contributed by atoms with Gasteiger partial charge in [-0.3, -0.25) is 19.2 Å². The van der Waals surface area contributed by atoms with Gasteiger partial charge in [0.15, 0.2) is 6.10 Å². The number of fused-ring (bicyclic) bond motifs is 3. The van der Waals surface area contributed by atoms with Crippen LogP contribution in [0.5, 0.6) is 0 Å². The SMILES string of the molecule is CC(=O)OC1C[C@H]2[C@@H](OC(C)=O)C3C(CO)C(OC(C)=O)C[C@H](O)[C@@]3(C)[C@@H](O)[C@H](OC(C)=O)C(=C1C)C2(C)C. The lowest BCUT2D eigenvalue weighted by atomic mass is 9.47. The number of carbonyl (C=O) groups is 4. The molecule has 2 fully saturated rings. The maximum Gasteiger partial charge on any atom is 0.303 e. The van der Waals surface area contributed by atoms with E-state index in [9.17, 15) is 34.5 Å². The van der Waals surface area contributed by atoms with Gasteiger partial charge >= 0.3 is 23.9 Å². The van der Waals surface area contributed by atoms with Crippen LogP contribution in [-0.4, -0.2) is 82.4 Å². The Morgan fingerprint density at radius 2 is 1.38 bits per heavy atom. The third kappa shape index (κ3) is 5.45. The standard InChI is InChI=1S/C28H42O11/c1-12-19(36-13(2)30)9-18-24(38-15(4)32)23-17(11-29)20(37-14(3)31)10-21(34)28(23,8)26(35)25(39-16(5)33)22(12)27(18,6)7/h17-21,23-26,29,34-35H,9-11H2,1-8H3/t17?,18-,19?,20?,21-,23?,24+,25+,26-,28+/m0/s1. The van der Waals surface area contributed by atoms with E-state index in [1.807, 2.05) is 13.8 Å². The minimum atomic E-state index is -1.53. The number of hydrogen-bond acceptors (Lipinski definition) is 11. The van der Waals surface area contributed by atoms with Crippen molar-refractivity contribution in [2.24, 2.45) is 28.6 Å². The van der Waals surface area contributed by atoms with Crippen molar-refractivity contribution in [2.75, 3.05) is 6.61 Å². The van der Waals surface area contributed by atoms with Gasteiger partial charge in [-0.2, -0.15) is 0 Å². The van der Waals surface area contributed by atoms with E-state index in [1.165, 1.54) is 27.7 Å². The average Bonchev–Trinajstić information content (AvgIpc) is 2.79. The molecule has 220 valence electrons. The van der Waals surface area contributed by atoms with Gasteiger partial charge in [0.1, 0.15) is 24.4 Å². The lowest BCUT2D eigenvalue weighted by molar-refractivity contribution is -0.249. The van der Waals surface area contributed by atoms with Crippen molar-refractivity contribution in [1.82, 2.24) is 0 Å². The van der Waals surface area contributed by atoms with Crippen LogP contribution in [0.4, 0.5) is 0 Å². The molecule has 0 radical (unpaired) electrons. The second-order valence-corrected chi connectivity index (χ2v) is 11.9. The number of aliphatic hydroxyl groups excluding tert-OH is 3. The van der Waals surface area contributed by atoms with E-state index in [0.29, 0.717) is 11.1 Å². The van der Waals surface area contributed by atoms with Crippen molar-refractivity contribution in [2.45, 2.75) is 105 Å². The van der Waals surface area contributed by atoms with Crippen LogP contribution < -0.4 is 0 Å². The van der Waals surface area contributed by atoms with E-state index in [1.54, 1.807) is 13.8 Å². The Morgan fingerprint density at radius 3 is 1.87 bits per heavy atom. The van der Waals surface area contributed by atoms with Crippen LogP contribution in [-0.2, 0) is 38.1 Å². The van der Waals surface area contributed by atoms with Crippen molar-refractivity contribution < 1.29 is 53.4 Å². The van der Waals surface area contributed by atoms with Crippen LogP contribution in [0.2, 0.25) is 0 Å². The van der Waals surface area contributed by atoms with Crippen LogP contribution in [0.25, 0.3) is 0 Å². The van der Waals surface area contributed by atoms with Crippen molar-refractivity contribution in [3.05, 3.63) is 11.1 Å². The first kappa shape index (κ1) is 31.0. The first-order chi connectivity index (χ1) is 18.0. The molecule has 0 saturated heterocycles. The fraction of sp³-hybridized carbons (Fsp3) is 0.786. The summed E-state index contributed by atoms with van der Waals surface area (Å²) in [5.41, 5.74) is -1.25. The topological polar surface area (TPSA) is 166 Å². The summed E-state index contributed by atoms with van der Waals surface area (Å²) in [6.07, 6.45) is -6.68. The van der Waals surface area contributed by atoms with Gasteiger partial charge in [0.25, 0.3) is 0 Å². The molecular formula is C28H42O11. The van der Waals surface area contributed by atoms with Crippen LogP contribution in [0.15, 0.2) is 11.1 Å². The molecule has 11 heteroatoms. The number of rotatable bonds is 5. The predicted molar refractivity (Wildman–Crippen MR) is 136 cm³/mol. The van der Waals surface area contributed by atoms with E-state index in [4.69, 9.17) is 18.9 Å². The van der Waals surface area contributed by atoms with Gasteiger partial charge in [-0.25, -0.2) is 0 Å². The summed E-state index contributed by atoms with van der Waals surface area (Å²) in [6, 6.07) is 0. The first-order valence-electron chi connectivity index (χ1n) is 13.3. The molecule has 4 unspecified atom stereocenters. The molecule has 0 aliphatic heterocycles. The van der Waals surface area contributed by atoms with Gasteiger partial charge in [-0.1, -0.05) is 20.8 Å². The molecule has 3 aliphatic rings. The second-order valence-electron chi connectivity index (χ2n) is 11.9. The summed E-state index contributed by atoms with van der Waals surface area (Å²) in [5, 5.41) is 34.3. The summed E-state index contributed by atoms with van der Waals surface area (Å²) >= 11 is 0. The van der Waals surface area contributed by atoms with Crippen LogP contribution >= 0.6 is 0 Å². The zero-order valence-electron chi connectivity index (χ0n) is 23.9. The molecule has 11 nitrogen and oxygen atoms in total. The van der Waals surface area contributed by atoms with Crippen LogP contribution in [0.1, 0.15) is 68.2 Å².